The first-order chi connectivity index (χ1) is 12.3. The fourth-order valence-corrected chi connectivity index (χ4v) is 2.71. The van der Waals surface area contributed by atoms with Crippen molar-refractivity contribution < 1.29 is 22.4 Å². The van der Waals surface area contributed by atoms with Crippen LogP contribution in [-0.4, -0.2) is 30.2 Å². The predicted octanol–water partition coefficient (Wildman–Crippen LogP) is 3.08. The second-order valence-electron chi connectivity index (χ2n) is 6.25. The molecule has 4 nitrogen and oxygen atoms in total. The van der Waals surface area contributed by atoms with E-state index in [1.54, 1.807) is 23.1 Å². The zero-order valence-electron chi connectivity index (χ0n) is 13.8. The molecule has 0 radical (unpaired) electrons. The van der Waals surface area contributed by atoms with Crippen molar-refractivity contribution in [2.75, 3.05) is 18.0 Å². The molecule has 0 atom stereocenters. The topological polar surface area (TPSA) is 45.2 Å². The summed E-state index contributed by atoms with van der Waals surface area (Å²) < 4.78 is 50.8. The molecule has 0 bridgehead atoms. The number of anilines is 1. The SMILES string of the molecule is O=C(Cc1cccc(F)c1)NCc1ccnc(N2CC(C(F)(F)F)C2)c1. The van der Waals surface area contributed by atoms with Gasteiger partial charge in [-0.05, 0) is 35.4 Å². The van der Waals surface area contributed by atoms with Gasteiger partial charge in [-0.1, -0.05) is 12.1 Å². The Morgan fingerprint density at radius 1 is 1.19 bits per heavy atom. The number of carbonyl (C=O) groups excluding carboxylic acids is 1. The number of rotatable bonds is 5. The molecular formula is C18H17F4N3O. The molecule has 1 aromatic carbocycles. The van der Waals surface area contributed by atoms with Gasteiger partial charge in [0.2, 0.25) is 5.91 Å². The first kappa shape index (κ1) is 18.2. The van der Waals surface area contributed by atoms with Gasteiger partial charge in [-0.25, -0.2) is 9.37 Å². The third-order valence-electron chi connectivity index (χ3n) is 4.22. The van der Waals surface area contributed by atoms with Crippen molar-refractivity contribution in [1.29, 1.82) is 0 Å². The van der Waals surface area contributed by atoms with E-state index in [-0.39, 0.29) is 32.0 Å². The summed E-state index contributed by atoms with van der Waals surface area (Å²) in [6, 6.07) is 9.15. The van der Waals surface area contributed by atoms with Gasteiger partial charge < -0.3 is 10.2 Å². The molecule has 1 saturated heterocycles. The molecule has 138 valence electrons. The van der Waals surface area contributed by atoms with E-state index < -0.39 is 17.9 Å². The van der Waals surface area contributed by atoms with E-state index in [4.69, 9.17) is 0 Å². The lowest BCUT2D eigenvalue weighted by atomic mass is 9.99. The highest BCUT2D eigenvalue weighted by Gasteiger charge is 2.47. The van der Waals surface area contributed by atoms with E-state index in [0.29, 0.717) is 11.4 Å². The van der Waals surface area contributed by atoms with Crippen molar-refractivity contribution in [3.05, 3.63) is 59.5 Å². The summed E-state index contributed by atoms with van der Waals surface area (Å²) in [5.41, 5.74) is 1.30. The zero-order valence-corrected chi connectivity index (χ0v) is 13.8. The Balaban J connectivity index is 1.52. The van der Waals surface area contributed by atoms with Gasteiger partial charge in [0.25, 0.3) is 0 Å². The van der Waals surface area contributed by atoms with Crippen LogP contribution in [0.5, 0.6) is 0 Å². The number of benzene rings is 1. The van der Waals surface area contributed by atoms with E-state index in [9.17, 15) is 22.4 Å². The van der Waals surface area contributed by atoms with Crippen LogP contribution in [0.2, 0.25) is 0 Å². The van der Waals surface area contributed by atoms with Crippen LogP contribution in [0.3, 0.4) is 0 Å². The zero-order chi connectivity index (χ0) is 18.7. The number of halogens is 4. The Labute approximate surface area is 147 Å². The number of amides is 1. The van der Waals surface area contributed by atoms with Crippen LogP contribution in [-0.2, 0) is 17.8 Å². The fourth-order valence-electron chi connectivity index (χ4n) is 2.71. The van der Waals surface area contributed by atoms with Gasteiger partial charge in [-0.2, -0.15) is 13.2 Å². The number of hydrogen-bond acceptors (Lipinski definition) is 3. The largest absolute Gasteiger partial charge is 0.395 e. The van der Waals surface area contributed by atoms with E-state index >= 15 is 0 Å². The Morgan fingerprint density at radius 3 is 2.65 bits per heavy atom. The second-order valence-corrected chi connectivity index (χ2v) is 6.25. The number of aromatic nitrogens is 1. The first-order valence-electron chi connectivity index (χ1n) is 8.09. The van der Waals surface area contributed by atoms with Crippen LogP contribution >= 0.6 is 0 Å². The quantitative estimate of drug-likeness (QED) is 0.826. The summed E-state index contributed by atoms with van der Waals surface area (Å²) in [6.45, 7) is 0.0119. The monoisotopic (exact) mass is 367 g/mol. The molecular weight excluding hydrogens is 350 g/mol. The van der Waals surface area contributed by atoms with Crippen LogP contribution in [0.15, 0.2) is 42.6 Å². The van der Waals surface area contributed by atoms with Gasteiger partial charge >= 0.3 is 6.18 Å². The lowest BCUT2D eigenvalue weighted by molar-refractivity contribution is -0.180. The standard InChI is InChI=1S/C18H17F4N3O/c19-15-3-1-2-12(6-15)8-17(26)24-9-13-4-5-23-16(7-13)25-10-14(11-25)18(20,21)22/h1-7,14H,8-11H2,(H,24,26). The molecule has 1 N–H and O–H groups in total. The molecule has 0 aliphatic carbocycles. The van der Waals surface area contributed by atoms with Gasteiger partial charge in [-0.15, -0.1) is 0 Å². The molecule has 1 amide bonds. The van der Waals surface area contributed by atoms with Crippen LogP contribution in [0, 0.1) is 11.7 Å². The van der Waals surface area contributed by atoms with Gasteiger partial charge in [0, 0.05) is 25.8 Å². The van der Waals surface area contributed by atoms with Crippen LogP contribution in [0.1, 0.15) is 11.1 Å². The highest BCUT2D eigenvalue weighted by Crippen LogP contribution is 2.35. The molecule has 1 fully saturated rings. The summed E-state index contributed by atoms with van der Waals surface area (Å²) in [6.07, 6.45) is -2.63. The molecule has 0 saturated carbocycles. The minimum Gasteiger partial charge on any atom is -0.355 e. The molecule has 1 aliphatic heterocycles. The smallest absolute Gasteiger partial charge is 0.355 e. The number of pyridine rings is 1. The summed E-state index contributed by atoms with van der Waals surface area (Å²) in [4.78, 5) is 17.6. The summed E-state index contributed by atoms with van der Waals surface area (Å²) >= 11 is 0. The van der Waals surface area contributed by atoms with Gasteiger partial charge in [-0.3, -0.25) is 4.79 Å². The van der Waals surface area contributed by atoms with Crippen molar-refractivity contribution in [2.45, 2.75) is 19.1 Å². The number of nitrogens with one attached hydrogen (secondary N) is 1. The molecule has 0 spiro atoms. The fraction of sp³-hybridized carbons (Fsp3) is 0.333. The van der Waals surface area contributed by atoms with E-state index in [1.807, 2.05) is 0 Å². The predicted molar refractivity (Wildman–Crippen MR) is 87.9 cm³/mol. The molecule has 8 heteroatoms. The number of nitrogens with zero attached hydrogens (tertiary/aromatic N) is 2. The highest BCUT2D eigenvalue weighted by molar-refractivity contribution is 5.78. The van der Waals surface area contributed by atoms with Crippen LogP contribution in [0.4, 0.5) is 23.4 Å². The van der Waals surface area contributed by atoms with Crippen molar-refractivity contribution in [3.63, 3.8) is 0 Å². The van der Waals surface area contributed by atoms with Crippen molar-refractivity contribution >= 4 is 11.7 Å². The second kappa shape index (κ2) is 7.31. The number of alkyl halides is 3. The van der Waals surface area contributed by atoms with Crippen molar-refractivity contribution in [2.24, 2.45) is 5.92 Å². The number of carbonyl (C=O) groups is 1. The molecule has 1 aromatic heterocycles. The Bertz CT molecular complexity index is 788. The van der Waals surface area contributed by atoms with E-state index in [2.05, 4.69) is 10.3 Å². The minimum atomic E-state index is -4.18. The summed E-state index contributed by atoms with van der Waals surface area (Å²) in [7, 11) is 0. The maximum atomic E-state index is 13.1. The van der Waals surface area contributed by atoms with E-state index in [1.165, 1.54) is 24.4 Å². The number of hydrogen-bond donors (Lipinski definition) is 1. The Kier molecular flexibility index (Phi) is 5.11. The third kappa shape index (κ3) is 4.50. The normalized spacial score (nSPS) is 14.8. The van der Waals surface area contributed by atoms with Crippen LogP contribution < -0.4 is 10.2 Å². The first-order valence-corrected chi connectivity index (χ1v) is 8.09. The van der Waals surface area contributed by atoms with Gasteiger partial charge in [0.15, 0.2) is 0 Å². The Morgan fingerprint density at radius 2 is 1.96 bits per heavy atom. The maximum Gasteiger partial charge on any atom is 0.395 e. The lowest BCUT2D eigenvalue weighted by Crippen LogP contribution is -2.53. The van der Waals surface area contributed by atoms with E-state index in [0.717, 1.165) is 5.56 Å². The van der Waals surface area contributed by atoms with Crippen LogP contribution in [0.25, 0.3) is 0 Å². The molecule has 2 aromatic rings. The molecule has 0 unspecified atom stereocenters. The maximum absolute atomic E-state index is 13.1. The summed E-state index contributed by atoms with van der Waals surface area (Å²) in [5, 5.41) is 2.71. The molecule has 1 aliphatic rings. The molecule has 3 rings (SSSR count). The molecule has 2 heterocycles. The Hall–Kier alpha value is -2.64. The average Bonchev–Trinajstić information content (AvgIpc) is 2.50. The highest BCUT2D eigenvalue weighted by atomic mass is 19.4. The summed E-state index contributed by atoms with van der Waals surface area (Å²) in [5.74, 6) is -1.53. The van der Waals surface area contributed by atoms with Gasteiger partial charge in [0.1, 0.15) is 11.6 Å². The van der Waals surface area contributed by atoms with Crippen molar-refractivity contribution in [1.82, 2.24) is 10.3 Å². The average molecular weight is 367 g/mol. The van der Waals surface area contributed by atoms with Crippen molar-refractivity contribution in [3.8, 4) is 0 Å². The van der Waals surface area contributed by atoms with Gasteiger partial charge in [0.05, 0.1) is 12.3 Å². The third-order valence-corrected chi connectivity index (χ3v) is 4.22. The molecule has 26 heavy (non-hydrogen) atoms. The minimum absolute atomic E-state index is 0.0507. The lowest BCUT2D eigenvalue weighted by Gasteiger charge is -2.40.